The highest BCUT2D eigenvalue weighted by Crippen LogP contribution is 2.08. The monoisotopic (exact) mass is 481 g/mol. The first kappa shape index (κ1) is 30.3. The molecule has 0 unspecified atom stereocenters. The third-order valence-electron chi connectivity index (χ3n) is 3.72. The molecule has 4 aromatic carbocycles. The summed E-state index contributed by atoms with van der Waals surface area (Å²) in [6, 6.07) is 34.2. The minimum Gasteiger partial charge on any atom is -0.870 e. The van der Waals surface area contributed by atoms with Crippen LogP contribution in [0.1, 0.15) is 0 Å². The number of nitrogens with one attached hydrogen (secondary N) is 1. The number of nitro groups is 1. The Kier molecular flexibility index (Phi) is 16.3. The SMILES string of the molecule is O=Nc1ccccc1.O=[N+]([O-])c1ccccc1.ON(O)c1ccccc1.ONc1ccccc1.[OH-]. The van der Waals surface area contributed by atoms with Crippen LogP contribution in [0, 0.1) is 15.0 Å². The van der Waals surface area contributed by atoms with Gasteiger partial charge in [-0.1, -0.05) is 72.8 Å². The summed E-state index contributed by atoms with van der Waals surface area (Å²) in [4.78, 5) is 19.3. The number of nitrogens with zero attached hydrogens (tertiary/aromatic N) is 3. The average molecular weight is 481 g/mol. The van der Waals surface area contributed by atoms with Crippen molar-refractivity contribution in [2.45, 2.75) is 0 Å². The molecule has 0 aliphatic heterocycles. The van der Waals surface area contributed by atoms with E-state index in [1.54, 1.807) is 84.9 Å². The van der Waals surface area contributed by atoms with Gasteiger partial charge in [-0.05, 0) is 41.6 Å². The number of non-ortho nitro benzene ring substituents is 1. The maximum absolute atomic E-state index is 10.0. The maximum atomic E-state index is 10.0. The lowest BCUT2D eigenvalue weighted by Crippen LogP contribution is -2.10. The van der Waals surface area contributed by atoms with E-state index >= 15 is 0 Å². The van der Waals surface area contributed by atoms with E-state index < -0.39 is 4.92 Å². The highest BCUT2D eigenvalue weighted by atomic mass is 16.8. The van der Waals surface area contributed by atoms with Gasteiger partial charge >= 0.3 is 0 Å². The largest absolute Gasteiger partial charge is 0.870 e. The molecule has 4 rings (SSSR count). The second-order valence-corrected chi connectivity index (χ2v) is 6.12. The van der Waals surface area contributed by atoms with Crippen LogP contribution in [0.3, 0.4) is 0 Å². The van der Waals surface area contributed by atoms with Crippen LogP contribution >= 0.6 is 0 Å². The van der Waals surface area contributed by atoms with Crippen molar-refractivity contribution in [3.63, 3.8) is 0 Å². The summed E-state index contributed by atoms with van der Waals surface area (Å²) in [5, 5.41) is 37.9. The molecule has 11 heteroatoms. The third kappa shape index (κ3) is 14.2. The van der Waals surface area contributed by atoms with Gasteiger partial charge in [-0.2, -0.15) is 0 Å². The first-order valence-corrected chi connectivity index (χ1v) is 9.73. The van der Waals surface area contributed by atoms with Gasteiger partial charge in [0.1, 0.15) is 5.69 Å². The van der Waals surface area contributed by atoms with Crippen LogP contribution < -0.4 is 10.7 Å². The molecule has 11 nitrogen and oxygen atoms in total. The van der Waals surface area contributed by atoms with Crippen molar-refractivity contribution in [2.24, 2.45) is 5.18 Å². The van der Waals surface area contributed by atoms with Crippen molar-refractivity contribution in [1.82, 2.24) is 0 Å². The number of para-hydroxylation sites is 3. The number of anilines is 2. The van der Waals surface area contributed by atoms with E-state index in [-0.39, 0.29) is 16.4 Å². The Morgan fingerprint density at radius 1 is 0.714 bits per heavy atom. The van der Waals surface area contributed by atoms with Gasteiger partial charge in [0.05, 0.1) is 16.3 Å². The molecule has 0 amide bonds. The van der Waals surface area contributed by atoms with E-state index in [0.29, 0.717) is 17.1 Å². The van der Waals surface area contributed by atoms with Crippen LogP contribution in [-0.2, 0) is 0 Å². The third-order valence-corrected chi connectivity index (χ3v) is 3.72. The van der Waals surface area contributed by atoms with Gasteiger partial charge in [0, 0.05) is 12.1 Å². The Balaban J connectivity index is 0.000000437. The summed E-state index contributed by atoms with van der Waals surface area (Å²) in [6.45, 7) is 0. The molecular formula is C24H25N4O7-. The molecule has 0 bridgehead atoms. The quantitative estimate of drug-likeness (QED) is 0.149. The molecule has 35 heavy (non-hydrogen) atoms. The summed E-state index contributed by atoms with van der Waals surface area (Å²) >= 11 is 0. The van der Waals surface area contributed by atoms with Gasteiger partial charge in [-0.15, -0.1) is 10.1 Å². The smallest absolute Gasteiger partial charge is 0.269 e. The van der Waals surface area contributed by atoms with Crippen LogP contribution in [0.4, 0.5) is 22.7 Å². The van der Waals surface area contributed by atoms with Crippen LogP contribution in [0.25, 0.3) is 0 Å². The number of rotatable bonds is 4. The lowest BCUT2D eigenvalue weighted by Gasteiger charge is -2.05. The zero-order chi connectivity index (χ0) is 25.0. The van der Waals surface area contributed by atoms with Crippen molar-refractivity contribution in [1.29, 1.82) is 0 Å². The standard InChI is InChI=1S/C6H7NO2.C6H5NO2.C6H7NO.C6H5NO.H2O/c2*8-7(9)6-4-2-1-3-5-6;2*8-7-6-4-2-1-3-5-6;/h1-5,8-9H;1-5H;1-5,7-8H;1-5H;1H2/p-1. The lowest BCUT2D eigenvalue weighted by atomic mass is 10.3. The Labute approximate surface area is 201 Å². The molecule has 0 aromatic heterocycles. The lowest BCUT2D eigenvalue weighted by molar-refractivity contribution is -0.384. The second kappa shape index (κ2) is 18.8. The van der Waals surface area contributed by atoms with Crippen molar-refractivity contribution < 1.29 is 26.0 Å². The number of benzene rings is 4. The molecule has 5 N–H and O–H groups in total. The van der Waals surface area contributed by atoms with Gasteiger partial charge in [0.25, 0.3) is 5.69 Å². The van der Waals surface area contributed by atoms with E-state index in [4.69, 9.17) is 15.6 Å². The Hall–Kier alpha value is -4.68. The zero-order valence-electron chi connectivity index (χ0n) is 18.4. The van der Waals surface area contributed by atoms with Crippen molar-refractivity contribution in [3.05, 3.63) is 136 Å². The van der Waals surface area contributed by atoms with Crippen LogP contribution in [0.5, 0.6) is 0 Å². The fourth-order valence-electron chi connectivity index (χ4n) is 2.11. The first-order chi connectivity index (χ1) is 16.5. The van der Waals surface area contributed by atoms with E-state index in [1.807, 2.05) is 29.7 Å². The second-order valence-electron chi connectivity index (χ2n) is 6.12. The van der Waals surface area contributed by atoms with Crippen LogP contribution in [-0.4, -0.2) is 26.0 Å². The predicted octanol–water partition coefficient (Wildman–Crippen LogP) is 6.26. The summed E-state index contributed by atoms with van der Waals surface area (Å²) in [5.74, 6) is 0. The highest BCUT2D eigenvalue weighted by Gasteiger charge is 1.98. The van der Waals surface area contributed by atoms with Gasteiger partial charge < -0.3 is 5.48 Å². The molecule has 4 aromatic rings. The number of hydrogen-bond donors (Lipinski definition) is 4. The van der Waals surface area contributed by atoms with Crippen LogP contribution in [0.15, 0.2) is 127 Å². The van der Waals surface area contributed by atoms with Gasteiger partial charge in [-0.3, -0.25) is 31.2 Å². The highest BCUT2D eigenvalue weighted by molar-refractivity contribution is 5.40. The number of nitroso groups, excluding NO2 is 1. The molecule has 0 fully saturated rings. The summed E-state index contributed by atoms with van der Waals surface area (Å²) in [6.07, 6.45) is 0. The average Bonchev–Trinajstić information content (AvgIpc) is 2.91. The van der Waals surface area contributed by atoms with E-state index in [2.05, 4.69) is 5.18 Å². The minimum atomic E-state index is -0.417. The first-order valence-electron chi connectivity index (χ1n) is 9.73. The fourth-order valence-corrected chi connectivity index (χ4v) is 2.11. The summed E-state index contributed by atoms with van der Waals surface area (Å²) in [5.41, 5.74) is 3.72. The number of nitro benzene ring substituents is 1. The molecule has 0 atom stereocenters. The molecule has 0 aliphatic rings. The maximum Gasteiger partial charge on any atom is 0.269 e. The molecular weight excluding hydrogens is 456 g/mol. The fraction of sp³-hybridized carbons (Fsp3) is 0. The molecule has 0 saturated heterocycles. The topological polar surface area (TPSA) is 179 Å². The van der Waals surface area contributed by atoms with E-state index in [9.17, 15) is 15.0 Å². The predicted molar refractivity (Wildman–Crippen MR) is 131 cm³/mol. The molecule has 0 saturated carbocycles. The summed E-state index contributed by atoms with van der Waals surface area (Å²) in [7, 11) is 0. The molecule has 0 aliphatic carbocycles. The minimum absolute atomic E-state index is 0. The van der Waals surface area contributed by atoms with Crippen molar-refractivity contribution in [3.8, 4) is 0 Å². The molecule has 0 heterocycles. The van der Waals surface area contributed by atoms with Crippen LogP contribution in [0.2, 0.25) is 0 Å². The van der Waals surface area contributed by atoms with E-state index in [1.165, 1.54) is 12.1 Å². The Morgan fingerprint density at radius 2 is 1.11 bits per heavy atom. The van der Waals surface area contributed by atoms with Gasteiger partial charge in [0.15, 0.2) is 0 Å². The van der Waals surface area contributed by atoms with Gasteiger partial charge in [0.2, 0.25) is 0 Å². The Morgan fingerprint density at radius 3 is 1.37 bits per heavy atom. The molecule has 0 radical (unpaired) electrons. The van der Waals surface area contributed by atoms with Gasteiger partial charge in [-0.25, -0.2) is 0 Å². The van der Waals surface area contributed by atoms with E-state index in [0.717, 1.165) is 0 Å². The van der Waals surface area contributed by atoms with Crippen molar-refractivity contribution >= 4 is 22.7 Å². The Bertz CT molecular complexity index is 1060. The normalized spacial score (nSPS) is 8.54. The molecule has 0 spiro atoms. The zero-order valence-corrected chi connectivity index (χ0v) is 18.4. The number of hydrogen-bond acceptors (Lipinski definition) is 10. The summed E-state index contributed by atoms with van der Waals surface area (Å²) < 4.78 is 0. The molecule has 184 valence electrons. The van der Waals surface area contributed by atoms with Crippen molar-refractivity contribution in [2.75, 3.05) is 10.7 Å².